The number of nitrogens with zero attached hydrogens (tertiary/aromatic N) is 2. The number of benzene rings is 1. The minimum atomic E-state index is -0.885. The van der Waals surface area contributed by atoms with Crippen molar-refractivity contribution < 1.29 is 9.90 Å². The Hall–Kier alpha value is -1.34. The molecule has 0 aliphatic carbocycles. The third-order valence-electron chi connectivity index (χ3n) is 2.23. The summed E-state index contributed by atoms with van der Waals surface area (Å²) in [6.45, 7) is 2.00. The third-order valence-corrected chi connectivity index (χ3v) is 3.92. The summed E-state index contributed by atoms with van der Waals surface area (Å²) in [5, 5.41) is 15.8. The molecule has 0 fully saturated rings. The van der Waals surface area contributed by atoms with E-state index in [1.54, 1.807) is 0 Å². The number of aryl methyl sites for hydroxylation is 1. The van der Waals surface area contributed by atoms with Crippen LogP contribution in [0.3, 0.4) is 0 Å². The van der Waals surface area contributed by atoms with Crippen LogP contribution in [0, 0.1) is 6.92 Å². The SMILES string of the molecule is Cc1ccc(-c2nc(SCC(=O)O)n[nH]2)cc1Br. The smallest absolute Gasteiger partial charge is 0.313 e. The van der Waals surface area contributed by atoms with E-state index in [4.69, 9.17) is 5.11 Å². The van der Waals surface area contributed by atoms with Gasteiger partial charge in [0.2, 0.25) is 5.16 Å². The van der Waals surface area contributed by atoms with Crippen molar-refractivity contribution in [3.63, 3.8) is 0 Å². The van der Waals surface area contributed by atoms with Crippen LogP contribution in [0.1, 0.15) is 5.56 Å². The molecule has 0 aliphatic heterocycles. The molecular formula is C11H10BrN3O2S. The van der Waals surface area contributed by atoms with Gasteiger partial charge in [0.05, 0.1) is 5.75 Å². The van der Waals surface area contributed by atoms with E-state index in [-0.39, 0.29) is 5.75 Å². The molecule has 0 aliphatic rings. The summed E-state index contributed by atoms with van der Waals surface area (Å²) in [7, 11) is 0. The van der Waals surface area contributed by atoms with Gasteiger partial charge in [-0.2, -0.15) is 0 Å². The lowest BCUT2D eigenvalue weighted by Crippen LogP contribution is -1.97. The van der Waals surface area contributed by atoms with Gasteiger partial charge in [0.15, 0.2) is 5.82 Å². The molecule has 0 unspecified atom stereocenters. The van der Waals surface area contributed by atoms with E-state index in [1.807, 2.05) is 25.1 Å². The largest absolute Gasteiger partial charge is 0.481 e. The molecular weight excluding hydrogens is 318 g/mol. The zero-order valence-corrected chi connectivity index (χ0v) is 11.9. The van der Waals surface area contributed by atoms with Crippen LogP contribution < -0.4 is 0 Å². The van der Waals surface area contributed by atoms with Gasteiger partial charge in [-0.15, -0.1) is 5.10 Å². The number of hydrogen-bond donors (Lipinski definition) is 2. The second-order valence-electron chi connectivity index (χ2n) is 3.61. The summed E-state index contributed by atoms with van der Waals surface area (Å²) < 4.78 is 0.996. The molecule has 94 valence electrons. The van der Waals surface area contributed by atoms with Crippen LogP contribution in [0.25, 0.3) is 11.4 Å². The summed E-state index contributed by atoms with van der Waals surface area (Å²) in [5.41, 5.74) is 2.04. The number of hydrogen-bond acceptors (Lipinski definition) is 4. The Balaban J connectivity index is 2.18. The third kappa shape index (κ3) is 3.11. The Morgan fingerprint density at radius 3 is 3.00 bits per heavy atom. The molecule has 18 heavy (non-hydrogen) atoms. The van der Waals surface area contributed by atoms with Crippen LogP contribution in [0.2, 0.25) is 0 Å². The number of carbonyl (C=O) groups is 1. The molecule has 0 atom stereocenters. The molecule has 1 heterocycles. The molecule has 2 N–H and O–H groups in total. The predicted octanol–water partition coefficient (Wildman–Crippen LogP) is 2.72. The number of carboxylic acid groups (broad SMARTS) is 1. The lowest BCUT2D eigenvalue weighted by atomic mass is 10.1. The van der Waals surface area contributed by atoms with Crippen molar-refractivity contribution in [2.24, 2.45) is 0 Å². The summed E-state index contributed by atoms with van der Waals surface area (Å²) in [6, 6.07) is 5.86. The number of aliphatic carboxylic acids is 1. The lowest BCUT2D eigenvalue weighted by molar-refractivity contribution is -0.133. The van der Waals surface area contributed by atoms with E-state index in [0.29, 0.717) is 11.0 Å². The number of rotatable bonds is 4. The lowest BCUT2D eigenvalue weighted by Gasteiger charge is -2.00. The molecule has 1 aromatic carbocycles. The molecule has 2 aromatic rings. The molecule has 2 rings (SSSR count). The second-order valence-corrected chi connectivity index (χ2v) is 5.41. The molecule has 7 heteroatoms. The van der Waals surface area contributed by atoms with Crippen molar-refractivity contribution in [3.05, 3.63) is 28.2 Å². The van der Waals surface area contributed by atoms with Gasteiger partial charge in [0.25, 0.3) is 0 Å². The van der Waals surface area contributed by atoms with E-state index < -0.39 is 5.97 Å². The zero-order chi connectivity index (χ0) is 13.1. The molecule has 1 aromatic heterocycles. The standard InChI is InChI=1S/C11H10BrN3O2S/c1-6-2-3-7(4-8(6)12)10-13-11(15-14-10)18-5-9(16)17/h2-4H,5H2,1H3,(H,16,17)(H,13,14,15). The van der Waals surface area contributed by atoms with Crippen molar-refractivity contribution >= 4 is 33.7 Å². The van der Waals surface area contributed by atoms with Gasteiger partial charge in [-0.25, -0.2) is 4.98 Å². The first-order chi connectivity index (χ1) is 8.56. The predicted molar refractivity (Wildman–Crippen MR) is 72.6 cm³/mol. The fraction of sp³-hybridized carbons (Fsp3) is 0.182. The summed E-state index contributed by atoms with van der Waals surface area (Å²) in [4.78, 5) is 14.7. The van der Waals surface area contributed by atoms with Crippen molar-refractivity contribution in [1.29, 1.82) is 0 Å². The van der Waals surface area contributed by atoms with Crippen molar-refractivity contribution in [2.45, 2.75) is 12.1 Å². The highest BCUT2D eigenvalue weighted by atomic mass is 79.9. The minimum Gasteiger partial charge on any atom is -0.481 e. The molecule has 0 radical (unpaired) electrons. The van der Waals surface area contributed by atoms with Gasteiger partial charge in [-0.05, 0) is 18.6 Å². The number of thioether (sulfide) groups is 1. The van der Waals surface area contributed by atoms with Gasteiger partial charge in [-0.1, -0.05) is 39.8 Å². The minimum absolute atomic E-state index is 0.0467. The quantitative estimate of drug-likeness (QED) is 0.844. The van der Waals surface area contributed by atoms with Crippen molar-refractivity contribution in [1.82, 2.24) is 15.2 Å². The van der Waals surface area contributed by atoms with E-state index in [1.165, 1.54) is 0 Å². The molecule has 0 spiro atoms. The molecule has 0 amide bonds. The highest BCUT2D eigenvalue weighted by Gasteiger charge is 2.08. The maximum Gasteiger partial charge on any atom is 0.313 e. The number of aromatic nitrogens is 3. The summed E-state index contributed by atoms with van der Waals surface area (Å²) in [6.07, 6.45) is 0. The highest BCUT2D eigenvalue weighted by molar-refractivity contribution is 9.10. The van der Waals surface area contributed by atoms with Crippen LogP contribution in [-0.4, -0.2) is 32.0 Å². The van der Waals surface area contributed by atoms with Gasteiger partial charge in [-0.3, -0.25) is 9.89 Å². The van der Waals surface area contributed by atoms with E-state index >= 15 is 0 Å². The Morgan fingerprint density at radius 1 is 1.56 bits per heavy atom. The van der Waals surface area contributed by atoms with Gasteiger partial charge in [0.1, 0.15) is 0 Å². The Bertz CT molecular complexity index is 585. The van der Waals surface area contributed by atoms with Gasteiger partial charge < -0.3 is 5.11 Å². The van der Waals surface area contributed by atoms with Crippen LogP contribution in [-0.2, 0) is 4.79 Å². The van der Waals surface area contributed by atoms with Crippen LogP contribution in [0.15, 0.2) is 27.8 Å². The Morgan fingerprint density at radius 2 is 2.33 bits per heavy atom. The first-order valence-corrected chi connectivity index (χ1v) is 6.87. The second kappa shape index (κ2) is 5.53. The maximum absolute atomic E-state index is 10.4. The highest BCUT2D eigenvalue weighted by Crippen LogP contribution is 2.24. The first-order valence-electron chi connectivity index (χ1n) is 5.10. The number of H-pyrrole nitrogens is 1. The first kappa shape index (κ1) is 13.1. The Kier molecular flexibility index (Phi) is 4.03. The van der Waals surface area contributed by atoms with Crippen LogP contribution in [0.4, 0.5) is 0 Å². The Labute approximate surface area is 116 Å². The van der Waals surface area contributed by atoms with E-state index in [2.05, 4.69) is 31.1 Å². The number of halogens is 1. The summed E-state index contributed by atoms with van der Waals surface area (Å²) >= 11 is 4.54. The molecule has 0 saturated carbocycles. The van der Waals surface area contributed by atoms with E-state index in [0.717, 1.165) is 27.4 Å². The van der Waals surface area contributed by atoms with Crippen molar-refractivity contribution in [2.75, 3.05) is 5.75 Å². The fourth-order valence-corrected chi connectivity index (χ4v) is 2.20. The fourth-order valence-electron chi connectivity index (χ4n) is 1.31. The van der Waals surface area contributed by atoms with Gasteiger partial charge in [0, 0.05) is 10.0 Å². The van der Waals surface area contributed by atoms with Crippen molar-refractivity contribution in [3.8, 4) is 11.4 Å². The number of aromatic amines is 1. The maximum atomic E-state index is 10.4. The van der Waals surface area contributed by atoms with Gasteiger partial charge >= 0.3 is 5.97 Å². The van der Waals surface area contributed by atoms with Crippen LogP contribution >= 0.6 is 27.7 Å². The normalized spacial score (nSPS) is 10.6. The average molecular weight is 328 g/mol. The van der Waals surface area contributed by atoms with Crippen LogP contribution in [0.5, 0.6) is 0 Å². The number of carboxylic acids is 1. The topological polar surface area (TPSA) is 78.9 Å². The zero-order valence-electron chi connectivity index (χ0n) is 9.48. The monoisotopic (exact) mass is 327 g/mol. The average Bonchev–Trinajstić information content (AvgIpc) is 2.79. The summed E-state index contributed by atoms with van der Waals surface area (Å²) in [5.74, 6) is -0.303. The molecule has 5 nitrogen and oxygen atoms in total. The van der Waals surface area contributed by atoms with E-state index in [9.17, 15) is 4.79 Å². The molecule has 0 saturated heterocycles. The molecule has 0 bridgehead atoms. The number of nitrogens with one attached hydrogen (secondary N) is 1.